The SMILES string of the molecule is CCCOCCN1CCO[C@@H](CNCC)C1. The molecule has 1 aliphatic heterocycles. The second-order valence-corrected chi connectivity index (χ2v) is 4.21. The van der Waals surface area contributed by atoms with E-state index in [-0.39, 0.29) is 0 Å². The summed E-state index contributed by atoms with van der Waals surface area (Å²) in [6.07, 6.45) is 1.45. The van der Waals surface area contributed by atoms with Crippen LogP contribution in [0.5, 0.6) is 0 Å². The molecule has 4 heteroatoms. The van der Waals surface area contributed by atoms with Gasteiger partial charge in [0.25, 0.3) is 0 Å². The molecule has 0 aromatic rings. The van der Waals surface area contributed by atoms with E-state index < -0.39 is 0 Å². The fourth-order valence-electron chi connectivity index (χ4n) is 1.85. The first-order valence-corrected chi connectivity index (χ1v) is 6.49. The van der Waals surface area contributed by atoms with E-state index in [0.717, 1.165) is 59.0 Å². The molecular formula is C12H26N2O2. The predicted octanol–water partition coefficient (Wildman–Crippen LogP) is 0.723. The molecule has 1 heterocycles. The maximum absolute atomic E-state index is 5.69. The highest BCUT2D eigenvalue weighted by atomic mass is 16.5. The van der Waals surface area contributed by atoms with Crippen molar-refractivity contribution in [1.29, 1.82) is 0 Å². The van der Waals surface area contributed by atoms with Crippen molar-refractivity contribution < 1.29 is 9.47 Å². The van der Waals surface area contributed by atoms with Gasteiger partial charge in [-0.25, -0.2) is 0 Å². The second kappa shape index (κ2) is 8.93. The number of nitrogens with zero attached hydrogens (tertiary/aromatic N) is 1. The zero-order valence-electron chi connectivity index (χ0n) is 10.7. The molecule has 0 radical (unpaired) electrons. The molecule has 4 nitrogen and oxygen atoms in total. The first-order valence-electron chi connectivity index (χ1n) is 6.49. The molecule has 0 aliphatic carbocycles. The highest BCUT2D eigenvalue weighted by Gasteiger charge is 2.19. The van der Waals surface area contributed by atoms with Gasteiger partial charge >= 0.3 is 0 Å². The van der Waals surface area contributed by atoms with Gasteiger partial charge < -0.3 is 14.8 Å². The summed E-state index contributed by atoms with van der Waals surface area (Å²) >= 11 is 0. The molecule has 96 valence electrons. The topological polar surface area (TPSA) is 33.7 Å². The van der Waals surface area contributed by atoms with Crippen LogP contribution < -0.4 is 5.32 Å². The van der Waals surface area contributed by atoms with Crippen LogP contribution in [0, 0.1) is 0 Å². The highest BCUT2D eigenvalue weighted by Crippen LogP contribution is 2.04. The second-order valence-electron chi connectivity index (χ2n) is 4.21. The molecule has 0 amide bonds. The molecule has 0 bridgehead atoms. The number of hydrogen-bond acceptors (Lipinski definition) is 4. The average molecular weight is 230 g/mol. The van der Waals surface area contributed by atoms with Gasteiger partial charge in [-0.05, 0) is 13.0 Å². The Bertz CT molecular complexity index is 167. The van der Waals surface area contributed by atoms with Crippen molar-refractivity contribution in [2.45, 2.75) is 26.4 Å². The van der Waals surface area contributed by atoms with Crippen LogP contribution in [0.3, 0.4) is 0 Å². The summed E-state index contributed by atoms with van der Waals surface area (Å²) in [5.74, 6) is 0. The number of hydrogen-bond donors (Lipinski definition) is 1. The molecule has 1 aliphatic rings. The van der Waals surface area contributed by atoms with E-state index in [4.69, 9.17) is 9.47 Å². The minimum absolute atomic E-state index is 0.347. The van der Waals surface area contributed by atoms with Crippen molar-refractivity contribution in [3.05, 3.63) is 0 Å². The van der Waals surface area contributed by atoms with Gasteiger partial charge in [0.1, 0.15) is 0 Å². The van der Waals surface area contributed by atoms with E-state index in [1.165, 1.54) is 0 Å². The van der Waals surface area contributed by atoms with E-state index >= 15 is 0 Å². The van der Waals surface area contributed by atoms with Gasteiger partial charge in [0.05, 0.1) is 19.3 Å². The molecule has 16 heavy (non-hydrogen) atoms. The minimum atomic E-state index is 0.347. The van der Waals surface area contributed by atoms with Gasteiger partial charge in [0, 0.05) is 32.8 Å². The van der Waals surface area contributed by atoms with Crippen LogP contribution in [0.2, 0.25) is 0 Å². The third-order valence-corrected chi connectivity index (χ3v) is 2.75. The molecule has 0 spiro atoms. The number of likely N-dealkylation sites (N-methyl/N-ethyl adjacent to an activating group) is 1. The van der Waals surface area contributed by atoms with Crippen molar-refractivity contribution in [3.8, 4) is 0 Å². The van der Waals surface area contributed by atoms with Gasteiger partial charge in [0.2, 0.25) is 0 Å². The van der Waals surface area contributed by atoms with Crippen molar-refractivity contribution in [1.82, 2.24) is 10.2 Å². The Labute approximate surface area is 99.3 Å². The van der Waals surface area contributed by atoms with Crippen molar-refractivity contribution in [3.63, 3.8) is 0 Å². The molecular weight excluding hydrogens is 204 g/mol. The molecule has 1 saturated heterocycles. The van der Waals surface area contributed by atoms with Gasteiger partial charge in [-0.3, -0.25) is 4.90 Å². The number of morpholine rings is 1. The van der Waals surface area contributed by atoms with E-state index in [9.17, 15) is 0 Å². The molecule has 1 rings (SSSR count). The third-order valence-electron chi connectivity index (χ3n) is 2.75. The van der Waals surface area contributed by atoms with Crippen LogP contribution in [0.1, 0.15) is 20.3 Å². The van der Waals surface area contributed by atoms with Crippen LogP contribution in [-0.4, -0.2) is 63.5 Å². The van der Waals surface area contributed by atoms with E-state index in [2.05, 4.69) is 24.1 Å². The van der Waals surface area contributed by atoms with Crippen molar-refractivity contribution in [2.24, 2.45) is 0 Å². The Hall–Kier alpha value is -0.160. The summed E-state index contributed by atoms with van der Waals surface area (Å²) in [7, 11) is 0. The maximum Gasteiger partial charge on any atom is 0.0826 e. The fraction of sp³-hybridized carbons (Fsp3) is 1.00. The fourth-order valence-corrected chi connectivity index (χ4v) is 1.85. The van der Waals surface area contributed by atoms with E-state index in [1.807, 2.05) is 0 Å². The maximum atomic E-state index is 5.69. The lowest BCUT2D eigenvalue weighted by atomic mass is 10.2. The van der Waals surface area contributed by atoms with E-state index in [0.29, 0.717) is 6.10 Å². The summed E-state index contributed by atoms with van der Waals surface area (Å²) in [6.45, 7) is 11.9. The Morgan fingerprint density at radius 2 is 2.25 bits per heavy atom. The first kappa shape index (κ1) is 13.9. The number of nitrogens with one attached hydrogen (secondary N) is 1. The lowest BCUT2D eigenvalue weighted by molar-refractivity contribution is -0.0346. The number of rotatable bonds is 8. The van der Waals surface area contributed by atoms with Gasteiger partial charge in [0.15, 0.2) is 0 Å². The monoisotopic (exact) mass is 230 g/mol. The molecule has 1 fully saturated rings. The first-order chi connectivity index (χ1) is 7.86. The normalized spacial score (nSPS) is 22.5. The minimum Gasteiger partial charge on any atom is -0.380 e. The molecule has 0 aromatic heterocycles. The molecule has 0 saturated carbocycles. The molecule has 0 unspecified atom stereocenters. The standard InChI is InChI=1S/C12H26N2O2/c1-3-7-15-8-5-14-6-9-16-12(11-14)10-13-4-2/h12-13H,3-11H2,1-2H3/t12-/m0/s1. The van der Waals surface area contributed by atoms with Crippen LogP contribution >= 0.6 is 0 Å². The van der Waals surface area contributed by atoms with Crippen molar-refractivity contribution in [2.75, 3.05) is 52.5 Å². The third kappa shape index (κ3) is 5.80. The smallest absolute Gasteiger partial charge is 0.0826 e. The largest absolute Gasteiger partial charge is 0.380 e. The van der Waals surface area contributed by atoms with Crippen LogP contribution in [0.15, 0.2) is 0 Å². The zero-order chi connectivity index (χ0) is 11.6. The van der Waals surface area contributed by atoms with Crippen LogP contribution in [-0.2, 0) is 9.47 Å². The van der Waals surface area contributed by atoms with Crippen LogP contribution in [0.25, 0.3) is 0 Å². The zero-order valence-corrected chi connectivity index (χ0v) is 10.7. The Morgan fingerprint density at radius 3 is 3.00 bits per heavy atom. The Balaban J connectivity index is 2.07. The lowest BCUT2D eigenvalue weighted by Gasteiger charge is -2.32. The van der Waals surface area contributed by atoms with Gasteiger partial charge in [-0.15, -0.1) is 0 Å². The van der Waals surface area contributed by atoms with Gasteiger partial charge in [-0.2, -0.15) is 0 Å². The summed E-state index contributed by atoms with van der Waals surface area (Å²) in [6, 6.07) is 0. The average Bonchev–Trinajstić information content (AvgIpc) is 2.33. The van der Waals surface area contributed by atoms with Gasteiger partial charge in [-0.1, -0.05) is 13.8 Å². The summed E-state index contributed by atoms with van der Waals surface area (Å²) in [4.78, 5) is 2.43. The highest BCUT2D eigenvalue weighted by molar-refractivity contribution is 4.72. The Kier molecular flexibility index (Phi) is 7.76. The summed E-state index contributed by atoms with van der Waals surface area (Å²) in [5, 5.41) is 3.33. The number of ether oxygens (including phenoxy) is 2. The Morgan fingerprint density at radius 1 is 1.38 bits per heavy atom. The van der Waals surface area contributed by atoms with Crippen molar-refractivity contribution >= 4 is 0 Å². The quantitative estimate of drug-likeness (QED) is 0.623. The van der Waals surface area contributed by atoms with Crippen LogP contribution in [0.4, 0.5) is 0 Å². The lowest BCUT2D eigenvalue weighted by Crippen LogP contribution is -2.47. The predicted molar refractivity (Wildman–Crippen MR) is 65.8 cm³/mol. The summed E-state index contributed by atoms with van der Waals surface area (Å²) < 4.78 is 11.2. The van der Waals surface area contributed by atoms with E-state index in [1.54, 1.807) is 0 Å². The summed E-state index contributed by atoms with van der Waals surface area (Å²) in [5.41, 5.74) is 0. The molecule has 1 N–H and O–H groups in total. The molecule has 0 aromatic carbocycles. The molecule has 1 atom stereocenters.